The molecule has 0 aliphatic carbocycles. The number of halogens is 3. The van der Waals surface area contributed by atoms with Crippen LogP contribution in [0.5, 0.6) is 0 Å². The van der Waals surface area contributed by atoms with E-state index in [1.165, 1.54) is 13.0 Å². The van der Waals surface area contributed by atoms with E-state index in [9.17, 15) is 27.9 Å². The number of urea groups is 1. The lowest BCUT2D eigenvalue weighted by atomic mass is 9.83. The fraction of sp³-hybridized carbons (Fsp3) is 0.538. The fourth-order valence-corrected chi connectivity index (χ4v) is 3.32. The molecule has 6 nitrogen and oxygen atoms in total. The highest BCUT2D eigenvalue weighted by atomic mass is 32.1. The quantitative estimate of drug-likeness (QED) is 0.814. The monoisotopic (exact) mass is 352 g/mol. The van der Waals surface area contributed by atoms with E-state index in [-0.39, 0.29) is 11.5 Å². The van der Waals surface area contributed by atoms with Crippen molar-refractivity contribution in [1.82, 2.24) is 10.2 Å². The van der Waals surface area contributed by atoms with Gasteiger partial charge in [-0.05, 0) is 18.4 Å². The highest BCUT2D eigenvalue weighted by Crippen LogP contribution is 2.47. The molecular formula is C13H15F3N2O4S. The van der Waals surface area contributed by atoms with Crippen LogP contribution < -0.4 is 5.32 Å². The van der Waals surface area contributed by atoms with Gasteiger partial charge in [0.05, 0.1) is 12.6 Å². The van der Waals surface area contributed by atoms with Crippen LogP contribution in [-0.4, -0.2) is 47.6 Å². The first-order valence-electron chi connectivity index (χ1n) is 6.68. The van der Waals surface area contributed by atoms with Gasteiger partial charge in [-0.3, -0.25) is 9.69 Å². The van der Waals surface area contributed by atoms with E-state index in [0.717, 1.165) is 18.4 Å². The molecule has 1 aromatic rings. The molecule has 128 valence electrons. The minimum atomic E-state index is -5.24. The third-order valence-electron chi connectivity index (χ3n) is 3.67. The highest BCUT2D eigenvalue weighted by Gasteiger charge is 2.69. The number of hydrogen-bond donors (Lipinski definition) is 2. The smallest absolute Gasteiger partial charge is 0.437 e. The maximum absolute atomic E-state index is 13.5. The van der Waals surface area contributed by atoms with E-state index < -0.39 is 35.9 Å². The van der Waals surface area contributed by atoms with Gasteiger partial charge in [0.1, 0.15) is 5.92 Å². The lowest BCUT2D eigenvalue weighted by molar-refractivity contribution is -0.328. The van der Waals surface area contributed by atoms with E-state index in [4.69, 9.17) is 4.74 Å². The second-order valence-corrected chi connectivity index (χ2v) is 5.93. The van der Waals surface area contributed by atoms with Crippen LogP contribution in [0.4, 0.5) is 18.0 Å². The predicted molar refractivity (Wildman–Crippen MR) is 74.5 cm³/mol. The Balaban J connectivity index is 2.59. The molecule has 2 heterocycles. The summed E-state index contributed by atoms with van der Waals surface area (Å²) in [6.45, 7) is 1.29. The molecule has 2 amide bonds. The van der Waals surface area contributed by atoms with Gasteiger partial charge in [0.15, 0.2) is 0 Å². The van der Waals surface area contributed by atoms with Gasteiger partial charge in [-0.1, -0.05) is 6.07 Å². The summed E-state index contributed by atoms with van der Waals surface area (Å²) in [5.74, 6) is -3.29. The van der Waals surface area contributed by atoms with Crippen LogP contribution in [-0.2, 0) is 9.53 Å². The minimum Gasteiger partial charge on any atom is -0.466 e. The number of hydrogen-bond acceptors (Lipinski definition) is 5. The van der Waals surface area contributed by atoms with Gasteiger partial charge >= 0.3 is 18.2 Å². The number of aliphatic hydroxyl groups is 1. The van der Waals surface area contributed by atoms with Crippen molar-refractivity contribution < 1.29 is 32.6 Å². The molecule has 2 rings (SSSR count). The molecule has 23 heavy (non-hydrogen) atoms. The maximum atomic E-state index is 13.5. The Hall–Kier alpha value is -1.81. The van der Waals surface area contributed by atoms with Gasteiger partial charge in [0.25, 0.3) is 5.72 Å². The van der Waals surface area contributed by atoms with E-state index in [0.29, 0.717) is 4.88 Å². The van der Waals surface area contributed by atoms with Crippen molar-refractivity contribution in [2.45, 2.75) is 24.9 Å². The number of thiophene rings is 1. The Morgan fingerprint density at radius 1 is 1.57 bits per heavy atom. The van der Waals surface area contributed by atoms with Crippen molar-refractivity contribution in [3.8, 4) is 0 Å². The largest absolute Gasteiger partial charge is 0.466 e. The average Bonchev–Trinajstić information content (AvgIpc) is 2.97. The molecule has 1 aliphatic heterocycles. The lowest BCUT2D eigenvalue weighted by Crippen LogP contribution is -2.73. The topological polar surface area (TPSA) is 78.9 Å². The van der Waals surface area contributed by atoms with Crippen molar-refractivity contribution in [1.29, 1.82) is 0 Å². The van der Waals surface area contributed by atoms with Crippen LogP contribution in [0.2, 0.25) is 0 Å². The van der Waals surface area contributed by atoms with Gasteiger partial charge in [-0.2, -0.15) is 13.2 Å². The summed E-state index contributed by atoms with van der Waals surface area (Å²) >= 11 is 1.06. The van der Waals surface area contributed by atoms with Gasteiger partial charge < -0.3 is 15.2 Å². The maximum Gasteiger partial charge on any atom is 0.437 e. The summed E-state index contributed by atoms with van der Waals surface area (Å²) in [4.78, 5) is 24.5. The van der Waals surface area contributed by atoms with Crippen molar-refractivity contribution in [3.63, 3.8) is 0 Å². The van der Waals surface area contributed by atoms with Crippen LogP contribution in [0.15, 0.2) is 17.5 Å². The summed E-state index contributed by atoms with van der Waals surface area (Å²) in [7, 11) is 0.777. The van der Waals surface area contributed by atoms with E-state index in [1.54, 1.807) is 11.4 Å². The number of carbonyl (C=O) groups is 2. The second-order valence-electron chi connectivity index (χ2n) is 4.96. The predicted octanol–water partition coefficient (Wildman–Crippen LogP) is 1.87. The van der Waals surface area contributed by atoms with Crippen molar-refractivity contribution >= 4 is 23.3 Å². The third-order valence-corrected chi connectivity index (χ3v) is 4.62. The number of nitrogens with zero attached hydrogens (tertiary/aromatic N) is 1. The Kier molecular flexibility index (Phi) is 4.58. The van der Waals surface area contributed by atoms with Gasteiger partial charge in [-0.25, -0.2) is 4.79 Å². The molecule has 1 fully saturated rings. The zero-order chi connectivity index (χ0) is 17.4. The first kappa shape index (κ1) is 17.5. The number of carbonyl (C=O) groups excluding carboxylic acids is 2. The zero-order valence-electron chi connectivity index (χ0n) is 12.3. The molecule has 0 aromatic carbocycles. The van der Waals surface area contributed by atoms with Gasteiger partial charge in [0.2, 0.25) is 0 Å². The van der Waals surface area contributed by atoms with Crippen LogP contribution in [0.1, 0.15) is 17.8 Å². The van der Waals surface area contributed by atoms with E-state index >= 15 is 0 Å². The summed E-state index contributed by atoms with van der Waals surface area (Å²) in [5, 5.41) is 14.2. The molecular weight excluding hydrogens is 337 g/mol. The lowest BCUT2D eigenvalue weighted by Gasteiger charge is -2.48. The molecule has 0 spiro atoms. The van der Waals surface area contributed by atoms with Crippen LogP contribution in [0, 0.1) is 5.92 Å². The number of amides is 2. The number of nitrogens with one attached hydrogen (secondary N) is 1. The standard InChI is InChI=1S/C13H15F3N2O4S/c1-3-22-10(19)8-9(7-5-4-6-23-7)17-11(20)18(2)12(8,21)13(14,15)16/h4-6,8-9,21H,3H2,1-2H3,(H,17,20)/t8-,9-,12+/m0/s1. The Labute approximate surface area is 133 Å². The average molecular weight is 352 g/mol. The summed E-state index contributed by atoms with van der Waals surface area (Å²) < 4.78 is 45.3. The number of esters is 1. The van der Waals surface area contributed by atoms with Crippen LogP contribution in [0.25, 0.3) is 0 Å². The number of alkyl halides is 3. The fourth-order valence-electron chi connectivity index (χ4n) is 2.51. The highest BCUT2D eigenvalue weighted by molar-refractivity contribution is 7.10. The molecule has 0 saturated carbocycles. The molecule has 0 radical (unpaired) electrons. The molecule has 1 aliphatic rings. The van der Waals surface area contributed by atoms with E-state index in [1.807, 2.05) is 0 Å². The third kappa shape index (κ3) is 2.76. The van der Waals surface area contributed by atoms with E-state index in [2.05, 4.69) is 5.32 Å². The molecule has 2 N–H and O–H groups in total. The Morgan fingerprint density at radius 3 is 2.70 bits per heavy atom. The number of ether oxygens (including phenoxy) is 1. The van der Waals surface area contributed by atoms with Gasteiger partial charge in [0, 0.05) is 11.9 Å². The number of rotatable bonds is 3. The Bertz CT molecular complexity index is 593. The first-order chi connectivity index (χ1) is 10.6. The zero-order valence-corrected chi connectivity index (χ0v) is 13.1. The Morgan fingerprint density at radius 2 is 2.22 bits per heavy atom. The molecule has 1 aromatic heterocycles. The minimum absolute atomic E-state index is 0.0820. The molecule has 3 atom stereocenters. The van der Waals surface area contributed by atoms with Crippen LogP contribution in [0.3, 0.4) is 0 Å². The van der Waals surface area contributed by atoms with Crippen molar-refractivity contribution in [3.05, 3.63) is 22.4 Å². The second kappa shape index (κ2) is 6.00. The van der Waals surface area contributed by atoms with Crippen LogP contribution >= 0.6 is 11.3 Å². The summed E-state index contributed by atoms with van der Waals surface area (Å²) in [6.07, 6.45) is -5.24. The molecule has 0 unspecified atom stereocenters. The molecule has 1 saturated heterocycles. The summed E-state index contributed by atoms with van der Waals surface area (Å²) in [5.41, 5.74) is -3.67. The SMILES string of the molecule is CCOC(=O)[C@@H]1[C@H](c2cccs2)NC(=O)N(C)[C@]1(O)C(F)(F)F. The molecule has 0 bridgehead atoms. The normalized spacial score (nSPS) is 28.4. The molecule has 10 heteroatoms. The van der Waals surface area contributed by atoms with Crippen molar-refractivity contribution in [2.24, 2.45) is 5.92 Å². The van der Waals surface area contributed by atoms with Gasteiger partial charge in [-0.15, -0.1) is 11.3 Å². The van der Waals surface area contributed by atoms with Crippen molar-refractivity contribution in [2.75, 3.05) is 13.7 Å². The summed E-state index contributed by atoms with van der Waals surface area (Å²) in [6, 6.07) is 0.566. The first-order valence-corrected chi connectivity index (χ1v) is 7.56.